The van der Waals surface area contributed by atoms with Crippen molar-refractivity contribution in [2.45, 2.75) is 0 Å². The van der Waals surface area contributed by atoms with Crippen molar-refractivity contribution in [3.63, 3.8) is 0 Å². The summed E-state index contributed by atoms with van der Waals surface area (Å²) in [6.45, 7) is 0. The predicted octanol–water partition coefficient (Wildman–Crippen LogP) is 2.90. The molecule has 3 aromatic rings. The van der Waals surface area contributed by atoms with Crippen molar-refractivity contribution in [3.8, 4) is 0 Å². The highest BCUT2D eigenvalue weighted by molar-refractivity contribution is 6.08. The smallest absolute Gasteiger partial charge is 0.257 e. The van der Waals surface area contributed by atoms with E-state index in [9.17, 15) is 4.79 Å². The standard InChI is InChI=1S/C21H21N7O/c22-20(23)28-21(24)27-18-9-5-4-8-17(18)19(29)26-16-12-10-15(11-13-16)25-14-6-2-1-3-7-14/h1-13,25H,(H,26,29)(H6,22,23,24,27,28). The van der Waals surface area contributed by atoms with Gasteiger partial charge in [-0.3, -0.25) is 4.79 Å². The summed E-state index contributed by atoms with van der Waals surface area (Å²) in [5.41, 5.74) is 19.5. The van der Waals surface area contributed by atoms with Crippen LogP contribution < -0.4 is 27.8 Å². The van der Waals surface area contributed by atoms with Crippen LogP contribution in [-0.2, 0) is 0 Å². The molecule has 0 aliphatic rings. The highest BCUT2D eigenvalue weighted by Gasteiger charge is 2.11. The first kappa shape index (κ1) is 19.4. The molecular weight excluding hydrogens is 366 g/mol. The number of nitrogens with zero attached hydrogens (tertiary/aromatic N) is 2. The van der Waals surface area contributed by atoms with Crippen molar-refractivity contribution in [3.05, 3.63) is 84.4 Å². The van der Waals surface area contributed by atoms with Crippen molar-refractivity contribution in [1.82, 2.24) is 0 Å². The van der Waals surface area contributed by atoms with Crippen LogP contribution in [0, 0.1) is 0 Å². The van der Waals surface area contributed by atoms with Gasteiger partial charge in [0.15, 0.2) is 5.96 Å². The molecule has 146 valence electrons. The second kappa shape index (κ2) is 9.05. The Bertz CT molecular complexity index is 1040. The summed E-state index contributed by atoms with van der Waals surface area (Å²) in [5.74, 6) is -0.676. The van der Waals surface area contributed by atoms with Gasteiger partial charge in [0.2, 0.25) is 5.96 Å². The first-order valence-corrected chi connectivity index (χ1v) is 8.77. The van der Waals surface area contributed by atoms with Crippen LogP contribution in [0.25, 0.3) is 0 Å². The molecule has 0 bridgehead atoms. The minimum Gasteiger partial charge on any atom is -0.370 e. The maximum absolute atomic E-state index is 12.7. The quantitative estimate of drug-likeness (QED) is 0.338. The molecule has 29 heavy (non-hydrogen) atoms. The topological polar surface area (TPSA) is 144 Å². The lowest BCUT2D eigenvalue weighted by Gasteiger charge is -2.10. The largest absolute Gasteiger partial charge is 0.370 e. The van der Waals surface area contributed by atoms with Gasteiger partial charge < -0.3 is 27.8 Å². The van der Waals surface area contributed by atoms with E-state index in [0.717, 1.165) is 11.4 Å². The molecule has 0 radical (unpaired) electrons. The second-order valence-electron chi connectivity index (χ2n) is 6.05. The Morgan fingerprint density at radius 3 is 2.00 bits per heavy atom. The van der Waals surface area contributed by atoms with Gasteiger partial charge in [-0.25, -0.2) is 4.99 Å². The maximum Gasteiger partial charge on any atom is 0.257 e. The normalized spacial score (nSPS) is 10.8. The van der Waals surface area contributed by atoms with E-state index in [2.05, 4.69) is 20.6 Å². The SMILES string of the molecule is NC(N)=NC(N)=Nc1ccccc1C(=O)Nc1ccc(Nc2ccccc2)cc1. The third-order valence-electron chi connectivity index (χ3n) is 3.83. The lowest BCUT2D eigenvalue weighted by Crippen LogP contribution is -2.26. The molecule has 8 heteroatoms. The van der Waals surface area contributed by atoms with Crippen LogP contribution in [-0.4, -0.2) is 17.8 Å². The Labute approximate surface area is 168 Å². The number of nitrogens with one attached hydrogen (secondary N) is 2. The van der Waals surface area contributed by atoms with E-state index < -0.39 is 0 Å². The number of anilines is 3. The fourth-order valence-corrected chi connectivity index (χ4v) is 2.57. The molecule has 8 N–H and O–H groups in total. The van der Waals surface area contributed by atoms with Crippen LogP contribution in [0.1, 0.15) is 10.4 Å². The molecule has 0 atom stereocenters. The number of carbonyl (C=O) groups is 1. The molecule has 0 saturated carbocycles. The molecule has 8 nitrogen and oxygen atoms in total. The molecule has 0 saturated heterocycles. The molecule has 0 aliphatic heterocycles. The number of guanidine groups is 2. The first-order chi connectivity index (χ1) is 14.0. The zero-order chi connectivity index (χ0) is 20.6. The molecule has 0 aromatic heterocycles. The summed E-state index contributed by atoms with van der Waals surface area (Å²) in [6, 6.07) is 23.9. The van der Waals surface area contributed by atoms with Gasteiger partial charge in [0.1, 0.15) is 0 Å². The van der Waals surface area contributed by atoms with Gasteiger partial charge >= 0.3 is 0 Å². The maximum atomic E-state index is 12.7. The van der Waals surface area contributed by atoms with E-state index >= 15 is 0 Å². The lowest BCUT2D eigenvalue weighted by molar-refractivity contribution is 0.102. The Kier molecular flexibility index (Phi) is 6.06. The van der Waals surface area contributed by atoms with Gasteiger partial charge in [0.25, 0.3) is 5.91 Å². The van der Waals surface area contributed by atoms with E-state index in [1.54, 1.807) is 24.3 Å². The van der Waals surface area contributed by atoms with Crippen LogP contribution in [0.5, 0.6) is 0 Å². The van der Waals surface area contributed by atoms with Gasteiger partial charge in [-0.05, 0) is 48.5 Å². The van der Waals surface area contributed by atoms with E-state index in [1.807, 2.05) is 54.6 Å². The molecule has 3 aromatic carbocycles. The number of rotatable bonds is 5. The van der Waals surface area contributed by atoms with Crippen LogP contribution in [0.3, 0.4) is 0 Å². The van der Waals surface area contributed by atoms with Gasteiger partial charge in [-0.1, -0.05) is 30.3 Å². The van der Waals surface area contributed by atoms with Gasteiger partial charge in [-0.15, -0.1) is 0 Å². The monoisotopic (exact) mass is 387 g/mol. The number of hydrogen-bond donors (Lipinski definition) is 5. The first-order valence-electron chi connectivity index (χ1n) is 8.77. The van der Waals surface area contributed by atoms with Crippen molar-refractivity contribution in [2.24, 2.45) is 27.2 Å². The summed E-state index contributed by atoms with van der Waals surface area (Å²) < 4.78 is 0. The van der Waals surface area contributed by atoms with E-state index in [0.29, 0.717) is 16.9 Å². The predicted molar refractivity (Wildman–Crippen MR) is 118 cm³/mol. The van der Waals surface area contributed by atoms with E-state index in [-0.39, 0.29) is 17.8 Å². The average Bonchev–Trinajstić information content (AvgIpc) is 2.70. The van der Waals surface area contributed by atoms with Gasteiger partial charge in [0, 0.05) is 17.1 Å². The summed E-state index contributed by atoms with van der Waals surface area (Å²) in [4.78, 5) is 20.5. The van der Waals surface area contributed by atoms with Crippen molar-refractivity contribution in [2.75, 3.05) is 10.6 Å². The summed E-state index contributed by atoms with van der Waals surface area (Å²) in [7, 11) is 0. The molecule has 3 rings (SSSR count). The Morgan fingerprint density at radius 2 is 1.31 bits per heavy atom. The second-order valence-corrected chi connectivity index (χ2v) is 6.05. The van der Waals surface area contributed by atoms with E-state index in [4.69, 9.17) is 17.2 Å². The highest BCUT2D eigenvalue weighted by atomic mass is 16.1. The summed E-state index contributed by atoms with van der Waals surface area (Å²) in [5, 5.41) is 6.13. The van der Waals surface area contributed by atoms with Crippen LogP contribution in [0.2, 0.25) is 0 Å². The number of aliphatic imine (C=N–C) groups is 2. The number of para-hydroxylation sites is 2. The van der Waals surface area contributed by atoms with Gasteiger partial charge in [-0.2, -0.15) is 4.99 Å². The number of amides is 1. The zero-order valence-electron chi connectivity index (χ0n) is 15.5. The van der Waals surface area contributed by atoms with E-state index in [1.165, 1.54) is 0 Å². The minimum atomic E-state index is -0.328. The fourth-order valence-electron chi connectivity index (χ4n) is 2.57. The molecule has 0 heterocycles. The molecule has 0 aliphatic carbocycles. The molecule has 0 unspecified atom stereocenters. The minimum absolute atomic E-state index is 0.137. The zero-order valence-corrected chi connectivity index (χ0v) is 15.5. The number of nitrogens with two attached hydrogens (primary N) is 3. The van der Waals surface area contributed by atoms with Crippen LogP contribution in [0.4, 0.5) is 22.7 Å². The Balaban J connectivity index is 1.73. The third kappa shape index (κ3) is 5.57. The van der Waals surface area contributed by atoms with Crippen molar-refractivity contribution in [1.29, 1.82) is 0 Å². The average molecular weight is 387 g/mol. The highest BCUT2D eigenvalue weighted by Crippen LogP contribution is 2.22. The fraction of sp³-hybridized carbons (Fsp3) is 0. The molecule has 0 spiro atoms. The summed E-state index contributed by atoms with van der Waals surface area (Å²) >= 11 is 0. The van der Waals surface area contributed by atoms with Crippen LogP contribution >= 0.6 is 0 Å². The Hall–Kier alpha value is -4.33. The lowest BCUT2D eigenvalue weighted by atomic mass is 10.1. The van der Waals surface area contributed by atoms with Crippen LogP contribution in [0.15, 0.2) is 88.8 Å². The molecule has 0 fully saturated rings. The molecule has 1 amide bonds. The number of carbonyl (C=O) groups excluding carboxylic acids is 1. The third-order valence-corrected chi connectivity index (χ3v) is 3.83. The number of hydrogen-bond acceptors (Lipinski definition) is 3. The van der Waals surface area contributed by atoms with Crippen molar-refractivity contribution < 1.29 is 4.79 Å². The Morgan fingerprint density at radius 1 is 0.724 bits per heavy atom. The summed E-state index contributed by atoms with van der Waals surface area (Å²) in [6.07, 6.45) is 0. The number of benzene rings is 3. The molecular formula is C21H21N7O. The van der Waals surface area contributed by atoms with Gasteiger partial charge in [0.05, 0.1) is 11.3 Å². The van der Waals surface area contributed by atoms with Crippen molar-refractivity contribution >= 4 is 40.6 Å².